The zero-order chi connectivity index (χ0) is 18.1. The monoisotopic (exact) mass is 358 g/mol. The Morgan fingerprint density at radius 3 is 2.96 bits per heavy atom. The lowest BCUT2D eigenvalue weighted by atomic mass is 9.99. The largest absolute Gasteiger partial charge is 0.493 e. The van der Waals surface area contributed by atoms with Crippen LogP contribution in [0.15, 0.2) is 24.4 Å². The first-order valence-corrected chi connectivity index (χ1v) is 8.69. The summed E-state index contributed by atoms with van der Waals surface area (Å²) in [6.45, 7) is 1.82. The highest BCUT2D eigenvalue weighted by Crippen LogP contribution is 2.31. The zero-order valence-electron chi connectivity index (χ0n) is 14.9. The van der Waals surface area contributed by atoms with E-state index >= 15 is 0 Å². The van der Waals surface area contributed by atoms with E-state index in [1.165, 1.54) is 0 Å². The third-order valence-electron chi connectivity index (χ3n) is 5.08. The zero-order valence-corrected chi connectivity index (χ0v) is 14.9. The van der Waals surface area contributed by atoms with Crippen LogP contribution in [0.25, 0.3) is 0 Å². The molecule has 2 aromatic rings. The van der Waals surface area contributed by atoms with Crippen molar-refractivity contribution in [3.8, 4) is 11.5 Å². The maximum Gasteiger partial charge on any atom is 0.227 e. The molecule has 1 fully saturated rings. The standard InChI is InChI=1S/C18H22N4O4/c1-24-16-4-3-12(7-17(16)25-2)8-18(23)21-6-5-15-14(10-21)22-13(11-26-15)9-19-20-22/h3-4,7,9,14-15H,5-6,8,10-11H2,1-2H3/t14-,15+/m1/s1. The van der Waals surface area contributed by atoms with Gasteiger partial charge in [-0.15, -0.1) is 5.10 Å². The van der Waals surface area contributed by atoms with Crippen molar-refractivity contribution in [1.29, 1.82) is 0 Å². The summed E-state index contributed by atoms with van der Waals surface area (Å²) in [6, 6.07) is 5.60. The number of likely N-dealkylation sites (tertiary alicyclic amines) is 1. The molecule has 8 nitrogen and oxygen atoms in total. The second-order valence-electron chi connectivity index (χ2n) is 6.58. The van der Waals surface area contributed by atoms with Crippen LogP contribution in [0.1, 0.15) is 23.7 Å². The molecular weight excluding hydrogens is 336 g/mol. The fourth-order valence-electron chi connectivity index (χ4n) is 3.68. The number of benzene rings is 1. The number of fused-ring (bicyclic) bond motifs is 3. The lowest BCUT2D eigenvalue weighted by Crippen LogP contribution is -2.50. The molecule has 26 heavy (non-hydrogen) atoms. The molecule has 0 bridgehead atoms. The summed E-state index contributed by atoms with van der Waals surface area (Å²) in [6.07, 6.45) is 2.94. The van der Waals surface area contributed by atoms with Crippen molar-refractivity contribution in [1.82, 2.24) is 19.9 Å². The summed E-state index contributed by atoms with van der Waals surface area (Å²) in [5.74, 6) is 1.37. The van der Waals surface area contributed by atoms with Gasteiger partial charge in [-0.25, -0.2) is 4.68 Å². The number of hydrogen-bond donors (Lipinski definition) is 0. The van der Waals surface area contributed by atoms with E-state index in [1.54, 1.807) is 20.4 Å². The van der Waals surface area contributed by atoms with Crippen LogP contribution in [0, 0.1) is 0 Å². The maximum atomic E-state index is 12.8. The molecule has 0 spiro atoms. The number of rotatable bonds is 4. The molecule has 0 saturated carbocycles. The molecule has 0 aliphatic carbocycles. The molecule has 1 aromatic heterocycles. The van der Waals surface area contributed by atoms with Crippen molar-refractivity contribution in [3.63, 3.8) is 0 Å². The Balaban J connectivity index is 1.46. The average molecular weight is 358 g/mol. The molecule has 3 heterocycles. The van der Waals surface area contributed by atoms with Gasteiger partial charge >= 0.3 is 0 Å². The van der Waals surface area contributed by atoms with Gasteiger partial charge < -0.3 is 19.1 Å². The van der Waals surface area contributed by atoms with Crippen molar-refractivity contribution in [2.75, 3.05) is 27.3 Å². The highest BCUT2D eigenvalue weighted by Gasteiger charge is 2.37. The topological polar surface area (TPSA) is 78.7 Å². The number of carbonyl (C=O) groups excluding carboxylic acids is 1. The predicted octanol–water partition coefficient (Wildman–Crippen LogP) is 1.21. The van der Waals surface area contributed by atoms with Gasteiger partial charge in [-0.1, -0.05) is 11.3 Å². The predicted molar refractivity (Wildman–Crippen MR) is 92.1 cm³/mol. The molecule has 0 N–H and O–H groups in total. The number of piperidine rings is 1. The summed E-state index contributed by atoms with van der Waals surface area (Å²) in [4.78, 5) is 14.7. The second kappa shape index (κ2) is 6.95. The van der Waals surface area contributed by atoms with Crippen molar-refractivity contribution in [3.05, 3.63) is 35.7 Å². The van der Waals surface area contributed by atoms with Gasteiger partial charge in [0.25, 0.3) is 0 Å². The fourth-order valence-corrected chi connectivity index (χ4v) is 3.68. The molecule has 2 aliphatic rings. The number of methoxy groups -OCH3 is 2. The highest BCUT2D eigenvalue weighted by molar-refractivity contribution is 5.79. The normalized spacial score (nSPS) is 21.7. The third kappa shape index (κ3) is 3.01. The Bertz CT molecular complexity index is 806. The van der Waals surface area contributed by atoms with Crippen LogP contribution in [0.2, 0.25) is 0 Å². The van der Waals surface area contributed by atoms with Gasteiger partial charge in [0, 0.05) is 13.1 Å². The minimum absolute atomic E-state index is 0.0318. The van der Waals surface area contributed by atoms with E-state index in [1.807, 2.05) is 27.8 Å². The van der Waals surface area contributed by atoms with Gasteiger partial charge in [-0.3, -0.25) is 4.79 Å². The van der Waals surface area contributed by atoms with Gasteiger partial charge in [0.1, 0.15) is 0 Å². The summed E-state index contributed by atoms with van der Waals surface area (Å²) < 4.78 is 18.4. The summed E-state index contributed by atoms with van der Waals surface area (Å²) in [5.41, 5.74) is 1.86. The number of hydrogen-bond acceptors (Lipinski definition) is 6. The van der Waals surface area contributed by atoms with Crippen LogP contribution in [-0.4, -0.2) is 59.2 Å². The van der Waals surface area contributed by atoms with Crippen molar-refractivity contribution in [2.24, 2.45) is 0 Å². The quantitative estimate of drug-likeness (QED) is 0.817. The van der Waals surface area contributed by atoms with E-state index in [9.17, 15) is 4.79 Å². The molecule has 138 valence electrons. The Kier molecular flexibility index (Phi) is 4.50. The fraction of sp³-hybridized carbons (Fsp3) is 0.500. The Morgan fingerprint density at radius 1 is 1.31 bits per heavy atom. The Hall–Kier alpha value is -2.61. The lowest BCUT2D eigenvalue weighted by molar-refractivity contribution is -0.137. The van der Waals surface area contributed by atoms with E-state index in [-0.39, 0.29) is 18.1 Å². The number of amides is 1. The highest BCUT2D eigenvalue weighted by atomic mass is 16.5. The van der Waals surface area contributed by atoms with Crippen LogP contribution in [0.3, 0.4) is 0 Å². The van der Waals surface area contributed by atoms with Crippen molar-refractivity contribution in [2.45, 2.75) is 31.6 Å². The molecule has 2 aliphatic heterocycles. The van der Waals surface area contributed by atoms with E-state index in [0.29, 0.717) is 37.6 Å². The molecule has 0 radical (unpaired) electrons. The van der Waals surface area contributed by atoms with Crippen LogP contribution >= 0.6 is 0 Å². The summed E-state index contributed by atoms with van der Waals surface area (Å²) in [5, 5.41) is 8.15. The number of carbonyl (C=O) groups is 1. The third-order valence-corrected chi connectivity index (χ3v) is 5.08. The van der Waals surface area contributed by atoms with E-state index in [0.717, 1.165) is 17.7 Å². The maximum absolute atomic E-state index is 12.8. The number of nitrogens with zero attached hydrogens (tertiary/aromatic N) is 4. The first kappa shape index (κ1) is 16.8. The van der Waals surface area contributed by atoms with Crippen LogP contribution < -0.4 is 9.47 Å². The van der Waals surface area contributed by atoms with Crippen LogP contribution in [-0.2, 0) is 22.6 Å². The minimum atomic E-state index is 0.0318. The Morgan fingerprint density at radius 2 is 2.15 bits per heavy atom. The van der Waals surface area contributed by atoms with Crippen LogP contribution in [0.5, 0.6) is 11.5 Å². The number of ether oxygens (including phenoxy) is 3. The van der Waals surface area contributed by atoms with E-state index in [4.69, 9.17) is 14.2 Å². The first-order chi connectivity index (χ1) is 12.7. The molecule has 1 aromatic carbocycles. The van der Waals surface area contributed by atoms with Gasteiger partial charge in [-0.2, -0.15) is 0 Å². The van der Waals surface area contributed by atoms with Gasteiger partial charge in [-0.05, 0) is 24.1 Å². The summed E-state index contributed by atoms with van der Waals surface area (Å²) >= 11 is 0. The Labute approximate surface area is 151 Å². The second-order valence-corrected chi connectivity index (χ2v) is 6.58. The van der Waals surface area contributed by atoms with Crippen LogP contribution in [0.4, 0.5) is 0 Å². The molecule has 1 saturated heterocycles. The molecule has 4 rings (SSSR count). The first-order valence-electron chi connectivity index (χ1n) is 8.69. The van der Waals surface area contributed by atoms with E-state index in [2.05, 4.69) is 10.3 Å². The smallest absolute Gasteiger partial charge is 0.227 e. The van der Waals surface area contributed by atoms with Crippen molar-refractivity contribution >= 4 is 5.91 Å². The molecular formula is C18H22N4O4. The molecule has 1 amide bonds. The average Bonchev–Trinajstić information content (AvgIpc) is 3.16. The lowest BCUT2D eigenvalue weighted by Gasteiger charge is -2.41. The van der Waals surface area contributed by atoms with Gasteiger partial charge in [0.05, 0.1) is 51.3 Å². The molecule has 2 atom stereocenters. The molecule has 8 heteroatoms. The summed E-state index contributed by atoms with van der Waals surface area (Å²) in [7, 11) is 3.19. The van der Waals surface area contributed by atoms with E-state index < -0.39 is 0 Å². The molecule has 0 unspecified atom stereocenters. The van der Waals surface area contributed by atoms with Crippen molar-refractivity contribution < 1.29 is 19.0 Å². The SMILES string of the molecule is COc1ccc(CC(=O)N2CC[C@@H]3OCc4cnnn4[C@@H]3C2)cc1OC. The minimum Gasteiger partial charge on any atom is -0.493 e. The number of aromatic nitrogens is 3. The van der Waals surface area contributed by atoms with Gasteiger partial charge in [0.2, 0.25) is 5.91 Å². The van der Waals surface area contributed by atoms with Gasteiger partial charge in [0.15, 0.2) is 11.5 Å².